The van der Waals surface area contributed by atoms with Gasteiger partial charge in [-0.15, -0.1) is 0 Å². The molecule has 2 aromatic rings. The Labute approximate surface area is 199 Å². The molecule has 9 heteroatoms. The molecule has 3 unspecified atom stereocenters. The van der Waals surface area contributed by atoms with E-state index in [9.17, 15) is 31.1 Å². The first-order valence-electron chi connectivity index (χ1n) is 11.4. The number of carbonyl (C=O) groups is 1. The van der Waals surface area contributed by atoms with E-state index in [-0.39, 0.29) is 30.3 Å². The van der Waals surface area contributed by atoms with Gasteiger partial charge >= 0.3 is 18.3 Å². The molecule has 1 aliphatic heterocycles. The molecule has 0 N–H and O–H groups in total. The Hall–Kier alpha value is -2.97. The van der Waals surface area contributed by atoms with Gasteiger partial charge in [-0.3, -0.25) is 4.79 Å². The summed E-state index contributed by atoms with van der Waals surface area (Å²) >= 11 is 0. The molecule has 0 amide bonds. The van der Waals surface area contributed by atoms with Crippen LogP contribution in [0.4, 0.5) is 26.3 Å². The molecular weight excluding hydrogens is 472 g/mol. The SMILES string of the molecule is CCOC(=O)C1CC1C1=CN(Cc2ccc(C(F)(F)F)cc2)CC(c2ccc(C(F)(F)F)cc2)C1. The summed E-state index contributed by atoms with van der Waals surface area (Å²) in [6.45, 7) is 2.86. The first-order valence-corrected chi connectivity index (χ1v) is 11.4. The summed E-state index contributed by atoms with van der Waals surface area (Å²) in [4.78, 5) is 14.1. The Bertz CT molecular complexity index is 1070. The lowest BCUT2D eigenvalue weighted by atomic mass is 9.86. The van der Waals surface area contributed by atoms with Gasteiger partial charge in [0.25, 0.3) is 0 Å². The Morgan fingerprint density at radius 1 is 0.943 bits per heavy atom. The van der Waals surface area contributed by atoms with Crippen molar-refractivity contribution in [3.05, 3.63) is 82.6 Å². The van der Waals surface area contributed by atoms with Crippen molar-refractivity contribution in [2.45, 2.75) is 44.6 Å². The van der Waals surface area contributed by atoms with Crippen LogP contribution >= 0.6 is 0 Å². The Morgan fingerprint density at radius 3 is 2.06 bits per heavy atom. The highest BCUT2D eigenvalue weighted by Gasteiger charge is 2.47. The van der Waals surface area contributed by atoms with Gasteiger partial charge in [-0.2, -0.15) is 26.3 Å². The van der Waals surface area contributed by atoms with E-state index in [4.69, 9.17) is 4.74 Å². The first kappa shape index (κ1) is 25.1. The number of nitrogens with zero attached hydrogens (tertiary/aromatic N) is 1. The van der Waals surface area contributed by atoms with Crippen LogP contribution < -0.4 is 0 Å². The quantitative estimate of drug-likeness (QED) is 0.325. The van der Waals surface area contributed by atoms with E-state index in [2.05, 4.69) is 0 Å². The van der Waals surface area contributed by atoms with Crippen molar-refractivity contribution in [1.82, 2.24) is 4.90 Å². The van der Waals surface area contributed by atoms with E-state index in [1.54, 1.807) is 6.92 Å². The zero-order valence-corrected chi connectivity index (χ0v) is 19.0. The van der Waals surface area contributed by atoms with Gasteiger partial charge in [-0.25, -0.2) is 0 Å². The van der Waals surface area contributed by atoms with Crippen molar-refractivity contribution >= 4 is 5.97 Å². The zero-order valence-electron chi connectivity index (χ0n) is 19.0. The van der Waals surface area contributed by atoms with Gasteiger partial charge in [-0.1, -0.05) is 24.3 Å². The Balaban J connectivity index is 1.55. The third-order valence-corrected chi connectivity index (χ3v) is 6.52. The fraction of sp³-hybridized carbons (Fsp3) is 0.423. The maximum absolute atomic E-state index is 13.0. The Kier molecular flexibility index (Phi) is 6.88. The maximum atomic E-state index is 13.0. The van der Waals surface area contributed by atoms with Crippen molar-refractivity contribution in [3.63, 3.8) is 0 Å². The van der Waals surface area contributed by atoms with E-state index in [0.29, 0.717) is 31.5 Å². The number of esters is 1. The van der Waals surface area contributed by atoms with Crippen molar-refractivity contribution in [2.24, 2.45) is 11.8 Å². The highest BCUT2D eigenvalue weighted by Crippen LogP contribution is 2.49. The van der Waals surface area contributed by atoms with Crippen LogP contribution in [0.5, 0.6) is 0 Å². The summed E-state index contributed by atoms with van der Waals surface area (Å²) in [5.41, 5.74) is 0.980. The molecule has 2 aliphatic rings. The van der Waals surface area contributed by atoms with Crippen LogP contribution in [0.1, 0.15) is 47.9 Å². The number of benzene rings is 2. The summed E-state index contributed by atoms with van der Waals surface area (Å²) < 4.78 is 82.8. The first-order chi connectivity index (χ1) is 16.5. The molecule has 2 aromatic carbocycles. The number of rotatable bonds is 6. The van der Waals surface area contributed by atoms with Crippen molar-refractivity contribution in [2.75, 3.05) is 13.2 Å². The second kappa shape index (κ2) is 9.59. The van der Waals surface area contributed by atoms with E-state index in [1.165, 1.54) is 24.3 Å². The fourth-order valence-corrected chi connectivity index (χ4v) is 4.65. The minimum absolute atomic E-state index is 0.00130. The maximum Gasteiger partial charge on any atom is 0.416 e. The molecular formula is C26H25F6NO2. The molecule has 0 spiro atoms. The zero-order chi connectivity index (χ0) is 25.4. The van der Waals surface area contributed by atoms with Gasteiger partial charge in [-0.05, 0) is 72.8 Å². The lowest BCUT2D eigenvalue weighted by Crippen LogP contribution is -2.29. The molecule has 35 heavy (non-hydrogen) atoms. The average molecular weight is 497 g/mol. The van der Waals surface area contributed by atoms with Gasteiger partial charge < -0.3 is 9.64 Å². The van der Waals surface area contributed by atoms with Crippen LogP contribution in [-0.4, -0.2) is 24.0 Å². The van der Waals surface area contributed by atoms with Crippen LogP contribution in [0.25, 0.3) is 0 Å². The minimum atomic E-state index is -4.42. The molecule has 0 saturated heterocycles. The summed E-state index contributed by atoms with van der Waals surface area (Å²) in [7, 11) is 0. The number of alkyl halides is 6. The van der Waals surface area contributed by atoms with Gasteiger partial charge in [0.15, 0.2) is 0 Å². The van der Waals surface area contributed by atoms with E-state index < -0.39 is 23.5 Å². The molecule has 1 fully saturated rings. The third kappa shape index (κ3) is 6.00. The number of hydrogen-bond donors (Lipinski definition) is 0. The number of carbonyl (C=O) groups excluding carboxylic acids is 1. The molecule has 0 aromatic heterocycles. The molecule has 4 rings (SSSR count). The molecule has 3 atom stereocenters. The molecule has 0 radical (unpaired) electrons. The third-order valence-electron chi connectivity index (χ3n) is 6.52. The van der Waals surface area contributed by atoms with Gasteiger partial charge in [0.05, 0.1) is 23.7 Å². The second-order valence-corrected chi connectivity index (χ2v) is 9.05. The van der Waals surface area contributed by atoms with Crippen molar-refractivity contribution in [3.8, 4) is 0 Å². The smallest absolute Gasteiger partial charge is 0.416 e. The normalized spacial score (nSPS) is 22.5. The summed E-state index contributed by atoms with van der Waals surface area (Å²) in [5, 5.41) is 0. The Morgan fingerprint density at radius 2 is 1.51 bits per heavy atom. The summed E-state index contributed by atoms with van der Waals surface area (Å²) in [6, 6.07) is 10.0. The number of ether oxygens (including phenoxy) is 1. The highest BCUT2D eigenvalue weighted by atomic mass is 19.4. The van der Waals surface area contributed by atoms with Crippen molar-refractivity contribution in [1.29, 1.82) is 0 Å². The number of hydrogen-bond acceptors (Lipinski definition) is 3. The van der Waals surface area contributed by atoms with Gasteiger partial charge in [0, 0.05) is 19.0 Å². The monoisotopic (exact) mass is 497 g/mol. The minimum Gasteiger partial charge on any atom is -0.466 e. The van der Waals surface area contributed by atoms with E-state index >= 15 is 0 Å². The molecule has 1 aliphatic carbocycles. The van der Waals surface area contributed by atoms with E-state index in [0.717, 1.165) is 35.4 Å². The van der Waals surface area contributed by atoms with Gasteiger partial charge in [0.2, 0.25) is 0 Å². The summed E-state index contributed by atoms with van der Waals surface area (Å²) in [6.07, 6.45) is -5.65. The van der Waals surface area contributed by atoms with Crippen LogP contribution in [0, 0.1) is 11.8 Å². The van der Waals surface area contributed by atoms with Crippen LogP contribution in [0.3, 0.4) is 0 Å². The second-order valence-electron chi connectivity index (χ2n) is 9.05. The lowest BCUT2D eigenvalue weighted by Gasteiger charge is -2.34. The number of halogens is 6. The topological polar surface area (TPSA) is 29.5 Å². The fourth-order valence-electron chi connectivity index (χ4n) is 4.65. The predicted octanol–water partition coefficient (Wildman–Crippen LogP) is 6.80. The molecule has 0 bridgehead atoms. The molecule has 1 saturated carbocycles. The lowest BCUT2D eigenvalue weighted by molar-refractivity contribution is -0.145. The van der Waals surface area contributed by atoms with Crippen LogP contribution in [0.2, 0.25) is 0 Å². The van der Waals surface area contributed by atoms with Gasteiger partial charge in [0.1, 0.15) is 0 Å². The number of allylic oxidation sites excluding steroid dienone is 1. The molecule has 3 nitrogen and oxygen atoms in total. The van der Waals surface area contributed by atoms with Crippen LogP contribution in [-0.2, 0) is 28.4 Å². The van der Waals surface area contributed by atoms with Crippen LogP contribution in [0.15, 0.2) is 60.3 Å². The largest absolute Gasteiger partial charge is 0.466 e. The van der Waals surface area contributed by atoms with E-state index in [1.807, 2.05) is 11.1 Å². The highest BCUT2D eigenvalue weighted by molar-refractivity contribution is 5.76. The van der Waals surface area contributed by atoms with Crippen molar-refractivity contribution < 1.29 is 35.9 Å². The average Bonchev–Trinajstić information content (AvgIpc) is 3.60. The molecule has 188 valence electrons. The standard InChI is InChI=1S/C26H25F6NO2/c1-2-35-24(34)23-12-22(23)19-11-18(17-5-9-21(10-6-17)26(30,31)32)14-33(15-19)13-16-3-7-20(8-4-16)25(27,28)29/h3-10,15,18,22-23H,2,11-14H2,1H3. The summed E-state index contributed by atoms with van der Waals surface area (Å²) in [5.74, 6) is -0.610. The predicted molar refractivity (Wildman–Crippen MR) is 117 cm³/mol. The molecule has 1 heterocycles.